The largest absolute Gasteiger partial charge is 0.497 e. The van der Waals surface area contributed by atoms with Crippen LogP contribution >= 0.6 is 11.9 Å². The van der Waals surface area contributed by atoms with Gasteiger partial charge in [0.15, 0.2) is 6.10 Å². The Morgan fingerprint density at radius 1 is 1.29 bits per heavy atom. The van der Waals surface area contributed by atoms with Crippen molar-refractivity contribution < 1.29 is 19.0 Å². The summed E-state index contributed by atoms with van der Waals surface area (Å²) in [4.78, 5) is 18.7. The second-order valence-electron chi connectivity index (χ2n) is 6.24. The summed E-state index contributed by atoms with van der Waals surface area (Å²) in [6.07, 6.45) is 1.56. The maximum absolute atomic E-state index is 13.8. The summed E-state index contributed by atoms with van der Waals surface area (Å²) in [5.41, 5.74) is 1.38. The lowest BCUT2D eigenvalue weighted by atomic mass is 10.2. The summed E-state index contributed by atoms with van der Waals surface area (Å²) >= 11 is 1.44. The highest BCUT2D eigenvalue weighted by molar-refractivity contribution is 7.97. The fourth-order valence-electron chi connectivity index (χ4n) is 2.96. The molecule has 1 amide bonds. The average molecular weight is 400 g/mol. The molecule has 3 heterocycles. The number of halogens is 1. The third-order valence-corrected chi connectivity index (χ3v) is 5.27. The van der Waals surface area contributed by atoms with E-state index in [9.17, 15) is 14.3 Å². The summed E-state index contributed by atoms with van der Waals surface area (Å²) in [6, 6.07) is 10.2. The minimum absolute atomic E-state index is 0.260. The SMILES string of the molecule is COc1ccc(Sn2cc3c(n2)CN(C(=O)C(O)c2ncccc2F)C3)cc1. The fourth-order valence-corrected chi connectivity index (χ4v) is 3.76. The average Bonchev–Trinajstić information content (AvgIpc) is 3.26. The first-order chi connectivity index (χ1) is 13.5. The summed E-state index contributed by atoms with van der Waals surface area (Å²) in [5, 5.41) is 14.7. The maximum Gasteiger partial charge on any atom is 0.258 e. The normalized spacial score (nSPS) is 14.0. The van der Waals surface area contributed by atoms with Gasteiger partial charge in [0.25, 0.3) is 5.91 Å². The van der Waals surface area contributed by atoms with Crippen LogP contribution in [-0.4, -0.2) is 37.2 Å². The van der Waals surface area contributed by atoms with E-state index in [1.54, 1.807) is 11.2 Å². The molecule has 7 nitrogen and oxygen atoms in total. The molecule has 2 aromatic heterocycles. The molecule has 0 fully saturated rings. The number of hydrogen-bond acceptors (Lipinski definition) is 6. The third-order valence-electron chi connectivity index (χ3n) is 4.41. The number of benzene rings is 1. The van der Waals surface area contributed by atoms with Crippen LogP contribution in [0.2, 0.25) is 0 Å². The van der Waals surface area contributed by atoms with E-state index in [1.165, 1.54) is 35.2 Å². The predicted octanol–water partition coefficient (Wildman–Crippen LogP) is 2.56. The van der Waals surface area contributed by atoms with Crippen molar-refractivity contribution in [1.82, 2.24) is 19.1 Å². The molecule has 0 bridgehead atoms. The first kappa shape index (κ1) is 18.5. The van der Waals surface area contributed by atoms with Gasteiger partial charge in [-0.1, -0.05) is 0 Å². The van der Waals surface area contributed by atoms with Gasteiger partial charge in [-0.25, -0.2) is 8.48 Å². The molecule has 0 spiro atoms. The quantitative estimate of drug-likeness (QED) is 0.709. The Morgan fingerprint density at radius 3 is 2.75 bits per heavy atom. The van der Waals surface area contributed by atoms with Crippen molar-refractivity contribution in [3.63, 3.8) is 0 Å². The minimum atomic E-state index is -1.63. The Kier molecular flexibility index (Phi) is 5.01. The van der Waals surface area contributed by atoms with Crippen molar-refractivity contribution in [2.24, 2.45) is 0 Å². The van der Waals surface area contributed by atoms with E-state index < -0.39 is 17.8 Å². The zero-order valence-corrected chi connectivity index (χ0v) is 15.8. The van der Waals surface area contributed by atoms with E-state index in [4.69, 9.17) is 4.74 Å². The molecular weight excluding hydrogens is 383 g/mol. The molecule has 1 aliphatic rings. The van der Waals surface area contributed by atoms with E-state index in [0.29, 0.717) is 6.54 Å². The van der Waals surface area contributed by atoms with Gasteiger partial charge < -0.3 is 14.7 Å². The van der Waals surface area contributed by atoms with Crippen LogP contribution in [0.1, 0.15) is 23.1 Å². The van der Waals surface area contributed by atoms with Gasteiger partial charge in [0.1, 0.15) is 17.3 Å². The van der Waals surface area contributed by atoms with Gasteiger partial charge in [-0.15, -0.1) is 0 Å². The van der Waals surface area contributed by atoms with E-state index in [2.05, 4.69) is 10.1 Å². The van der Waals surface area contributed by atoms with E-state index in [1.807, 2.05) is 30.5 Å². The van der Waals surface area contributed by atoms with Crippen LogP contribution in [0.25, 0.3) is 0 Å². The van der Waals surface area contributed by atoms with Crippen molar-refractivity contribution >= 4 is 17.9 Å². The standard InChI is InChI=1S/C19H17FN4O3S/c1-27-13-4-6-14(7-5-13)28-24-10-12-9-23(11-16(12)22-24)19(26)18(25)17-15(20)3-2-8-21-17/h2-8,10,18,25H,9,11H2,1H3. The molecule has 0 radical (unpaired) electrons. The highest BCUT2D eigenvalue weighted by Crippen LogP contribution is 2.29. The van der Waals surface area contributed by atoms with Gasteiger partial charge in [-0.3, -0.25) is 9.78 Å². The molecule has 1 atom stereocenters. The lowest BCUT2D eigenvalue weighted by Crippen LogP contribution is -2.32. The Balaban J connectivity index is 1.42. The summed E-state index contributed by atoms with van der Waals surface area (Å²) in [7, 11) is 1.62. The number of rotatable bonds is 5. The van der Waals surface area contributed by atoms with Crippen LogP contribution in [0.15, 0.2) is 53.7 Å². The number of methoxy groups -OCH3 is 1. The molecule has 9 heteroatoms. The van der Waals surface area contributed by atoms with Gasteiger partial charge in [-0.2, -0.15) is 5.10 Å². The van der Waals surface area contributed by atoms with Crippen molar-refractivity contribution in [3.05, 3.63) is 71.6 Å². The van der Waals surface area contributed by atoms with Crippen LogP contribution in [0.4, 0.5) is 4.39 Å². The highest BCUT2D eigenvalue weighted by atomic mass is 32.2. The number of aromatic nitrogens is 3. The van der Waals surface area contributed by atoms with E-state index in [0.717, 1.165) is 21.9 Å². The van der Waals surface area contributed by atoms with Crippen molar-refractivity contribution in [2.45, 2.75) is 24.1 Å². The number of aliphatic hydroxyl groups is 1. The number of carbonyl (C=O) groups is 1. The Morgan fingerprint density at radius 2 is 2.07 bits per heavy atom. The molecule has 0 saturated heterocycles. The second-order valence-corrected chi connectivity index (χ2v) is 7.27. The number of ether oxygens (including phenoxy) is 1. The molecule has 1 unspecified atom stereocenters. The van der Waals surface area contributed by atoms with Gasteiger partial charge in [0, 0.05) is 41.3 Å². The number of nitrogens with zero attached hydrogens (tertiary/aromatic N) is 4. The Labute approximate surface area is 164 Å². The number of hydrogen-bond donors (Lipinski definition) is 1. The van der Waals surface area contributed by atoms with Crippen molar-refractivity contribution in [1.29, 1.82) is 0 Å². The lowest BCUT2D eigenvalue weighted by Gasteiger charge is -2.19. The fraction of sp³-hybridized carbons (Fsp3) is 0.211. The minimum Gasteiger partial charge on any atom is -0.497 e. The molecule has 144 valence electrons. The van der Waals surface area contributed by atoms with Crippen LogP contribution in [0, 0.1) is 5.82 Å². The Bertz CT molecular complexity index is 985. The zero-order valence-electron chi connectivity index (χ0n) is 14.9. The van der Waals surface area contributed by atoms with Gasteiger partial charge in [-0.05, 0) is 36.4 Å². The molecule has 1 N–H and O–H groups in total. The van der Waals surface area contributed by atoms with E-state index in [-0.39, 0.29) is 12.2 Å². The molecule has 1 aromatic carbocycles. The molecule has 3 aromatic rings. The first-order valence-corrected chi connectivity index (χ1v) is 9.29. The number of amides is 1. The van der Waals surface area contributed by atoms with Gasteiger partial charge in [0.05, 0.1) is 19.3 Å². The van der Waals surface area contributed by atoms with Crippen LogP contribution in [0.5, 0.6) is 5.75 Å². The van der Waals surface area contributed by atoms with Crippen LogP contribution in [-0.2, 0) is 17.9 Å². The first-order valence-electron chi connectivity index (χ1n) is 8.52. The topological polar surface area (TPSA) is 80.5 Å². The molecule has 4 rings (SSSR count). The number of pyridine rings is 1. The van der Waals surface area contributed by atoms with Crippen molar-refractivity contribution in [3.8, 4) is 5.75 Å². The van der Waals surface area contributed by atoms with Crippen LogP contribution < -0.4 is 4.74 Å². The second kappa shape index (κ2) is 7.61. The third kappa shape index (κ3) is 3.58. The summed E-state index contributed by atoms with van der Waals surface area (Å²) in [6.45, 7) is 0.568. The number of fused-ring (bicyclic) bond motifs is 1. The predicted molar refractivity (Wildman–Crippen MR) is 99.9 cm³/mol. The summed E-state index contributed by atoms with van der Waals surface area (Å²) < 4.78 is 20.7. The molecule has 1 aliphatic heterocycles. The van der Waals surface area contributed by atoms with E-state index >= 15 is 0 Å². The number of aliphatic hydroxyl groups excluding tert-OH is 1. The molecule has 0 aliphatic carbocycles. The molecule has 28 heavy (non-hydrogen) atoms. The highest BCUT2D eigenvalue weighted by Gasteiger charge is 2.32. The smallest absolute Gasteiger partial charge is 0.258 e. The molecule has 0 saturated carbocycles. The zero-order chi connectivity index (χ0) is 19.7. The van der Waals surface area contributed by atoms with Gasteiger partial charge in [0.2, 0.25) is 0 Å². The Hall–Kier alpha value is -2.91. The molecular formula is C19H17FN4O3S. The van der Waals surface area contributed by atoms with Crippen LogP contribution in [0.3, 0.4) is 0 Å². The summed E-state index contributed by atoms with van der Waals surface area (Å²) in [5.74, 6) is -0.518. The number of carbonyl (C=O) groups excluding carboxylic acids is 1. The monoisotopic (exact) mass is 400 g/mol. The maximum atomic E-state index is 13.8. The lowest BCUT2D eigenvalue weighted by molar-refractivity contribution is -0.141. The van der Waals surface area contributed by atoms with Gasteiger partial charge >= 0.3 is 0 Å². The van der Waals surface area contributed by atoms with Crippen molar-refractivity contribution in [2.75, 3.05) is 7.11 Å².